The van der Waals surface area contributed by atoms with E-state index in [0.29, 0.717) is 24.5 Å². The summed E-state index contributed by atoms with van der Waals surface area (Å²) in [5.74, 6) is 0.933. The number of methoxy groups -OCH3 is 3. The maximum atomic E-state index is 13.6. The number of sulfonamides is 1. The molecule has 4 rings (SSSR count). The highest BCUT2D eigenvalue weighted by molar-refractivity contribution is 7.89. The van der Waals surface area contributed by atoms with Crippen LogP contribution in [0, 0.1) is 0 Å². The van der Waals surface area contributed by atoms with Gasteiger partial charge < -0.3 is 18.9 Å². The molecule has 1 amide bonds. The van der Waals surface area contributed by atoms with Gasteiger partial charge in [-0.1, -0.05) is 32.0 Å². The lowest BCUT2D eigenvalue weighted by molar-refractivity contribution is 0.0698. The highest BCUT2D eigenvalue weighted by atomic mass is 32.2. The summed E-state index contributed by atoms with van der Waals surface area (Å²) in [7, 11) is 0.218. The van der Waals surface area contributed by atoms with Crippen LogP contribution in [0.3, 0.4) is 0 Å². The van der Waals surface area contributed by atoms with Crippen LogP contribution in [0.1, 0.15) is 48.5 Å². The number of nitrogens with zero attached hydrogens (tertiary/aromatic N) is 1. The van der Waals surface area contributed by atoms with Crippen molar-refractivity contribution in [2.45, 2.75) is 43.6 Å². The van der Waals surface area contributed by atoms with Crippen LogP contribution in [0.15, 0.2) is 59.5 Å². The van der Waals surface area contributed by atoms with E-state index in [4.69, 9.17) is 18.9 Å². The minimum atomic E-state index is -4.10. The number of hydroxylamine groups is 1. The Morgan fingerprint density at radius 2 is 1.56 bits per heavy atom. The topological polar surface area (TPSA) is 124 Å². The zero-order valence-electron chi connectivity index (χ0n) is 23.8. The average Bonchev–Trinajstić information content (AvgIpc) is 3.00. The Hall–Kier alpha value is -3.80. The van der Waals surface area contributed by atoms with Crippen LogP contribution < -0.4 is 24.4 Å². The molecule has 1 heterocycles. The second-order valence-corrected chi connectivity index (χ2v) is 11.9. The maximum absolute atomic E-state index is 13.6. The molecule has 0 radical (unpaired) electrons. The minimum absolute atomic E-state index is 0.0876. The number of hydrogen-bond acceptors (Lipinski definition) is 8. The number of nitrogens with one attached hydrogen (secondary N) is 1. The molecule has 0 saturated carbocycles. The summed E-state index contributed by atoms with van der Waals surface area (Å²) in [5.41, 5.74) is 4.41. The first kappa shape index (κ1) is 30.2. The SMILES string of the molecule is COc1ccc(C(C)C)cc1-c1ccc(OC2CCN(S(=O)(=O)c3ccc(OC)c(OC)c3C(=O)NO)CC2)cc1. The van der Waals surface area contributed by atoms with Crippen LogP contribution in [0.25, 0.3) is 11.1 Å². The Morgan fingerprint density at radius 3 is 2.12 bits per heavy atom. The van der Waals surface area contributed by atoms with Gasteiger partial charge in [0.25, 0.3) is 5.91 Å². The van der Waals surface area contributed by atoms with E-state index in [1.807, 2.05) is 30.3 Å². The molecule has 220 valence electrons. The molecule has 0 unspecified atom stereocenters. The molecule has 10 nitrogen and oxygen atoms in total. The Labute approximate surface area is 240 Å². The van der Waals surface area contributed by atoms with Crippen LogP contribution in [0.5, 0.6) is 23.0 Å². The number of carbonyl (C=O) groups excluding carboxylic acids is 1. The third-order valence-corrected chi connectivity index (χ3v) is 9.15. The standard InChI is InChI=1S/C30H36N2O8S/c1-19(2)21-8-11-25(37-3)24(18-21)20-6-9-22(10-7-20)40-23-14-16-32(17-15-23)41(35,36)27-13-12-26(38-4)29(39-5)28(27)30(33)31-34/h6-13,18-19,23,34H,14-17H2,1-5H3,(H,31,33). The first-order valence-corrected chi connectivity index (χ1v) is 14.7. The molecule has 2 N–H and O–H groups in total. The van der Waals surface area contributed by atoms with Crippen LogP contribution in [-0.2, 0) is 10.0 Å². The third-order valence-electron chi connectivity index (χ3n) is 7.21. The Morgan fingerprint density at radius 1 is 0.927 bits per heavy atom. The molecule has 1 fully saturated rings. The zero-order valence-corrected chi connectivity index (χ0v) is 24.7. The quantitative estimate of drug-likeness (QED) is 0.256. The van der Waals surface area contributed by atoms with Gasteiger partial charge in [-0.05, 0) is 66.3 Å². The highest BCUT2D eigenvalue weighted by Crippen LogP contribution is 2.38. The summed E-state index contributed by atoms with van der Waals surface area (Å²) in [6, 6.07) is 16.7. The monoisotopic (exact) mass is 584 g/mol. The summed E-state index contributed by atoms with van der Waals surface area (Å²) in [6.07, 6.45) is 0.733. The van der Waals surface area contributed by atoms with Crippen molar-refractivity contribution in [1.82, 2.24) is 9.79 Å². The van der Waals surface area contributed by atoms with E-state index >= 15 is 0 Å². The summed E-state index contributed by atoms with van der Waals surface area (Å²) < 4.78 is 50.7. The van der Waals surface area contributed by atoms with Crippen molar-refractivity contribution in [3.05, 3.63) is 65.7 Å². The number of amides is 1. The molecule has 3 aromatic carbocycles. The second kappa shape index (κ2) is 12.8. The van der Waals surface area contributed by atoms with Crippen LogP contribution in [0.4, 0.5) is 0 Å². The number of ether oxygens (including phenoxy) is 4. The lowest BCUT2D eigenvalue weighted by atomic mass is 9.96. The largest absolute Gasteiger partial charge is 0.496 e. The summed E-state index contributed by atoms with van der Waals surface area (Å²) >= 11 is 0. The van der Waals surface area contributed by atoms with Crippen molar-refractivity contribution in [1.29, 1.82) is 0 Å². The zero-order chi connectivity index (χ0) is 29.7. The molecule has 0 aliphatic carbocycles. The summed E-state index contributed by atoms with van der Waals surface area (Å²) in [6.45, 7) is 4.69. The smallest absolute Gasteiger partial charge is 0.279 e. The van der Waals surface area contributed by atoms with Gasteiger partial charge in [0.2, 0.25) is 10.0 Å². The van der Waals surface area contributed by atoms with Crippen molar-refractivity contribution in [3.8, 4) is 34.1 Å². The normalized spacial score (nSPS) is 14.5. The van der Waals surface area contributed by atoms with E-state index in [0.717, 1.165) is 16.9 Å². The van der Waals surface area contributed by atoms with E-state index < -0.39 is 15.9 Å². The van der Waals surface area contributed by atoms with Crippen LogP contribution in [-0.4, -0.2) is 64.4 Å². The van der Waals surface area contributed by atoms with E-state index in [9.17, 15) is 18.4 Å². The lowest BCUT2D eigenvalue weighted by Gasteiger charge is -2.32. The highest BCUT2D eigenvalue weighted by Gasteiger charge is 2.35. The molecule has 0 spiro atoms. The summed E-state index contributed by atoms with van der Waals surface area (Å²) in [4.78, 5) is 12.2. The molecule has 0 aromatic heterocycles. The Bertz CT molecular complexity index is 1480. The molecule has 3 aromatic rings. The Balaban J connectivity index is 1.47. The number of benzene rings is 3. The van der Waals surface area contributed by atoms with Crippen molar-refractivity contribution in [2.75, 3.05) is 34.4 Å². The first-order valence-electron chi connectivity index (χ1n) is 13.3. The first-order chi connectivity index (χ1) is 19.6. The molecule has 11 heteroatoms. The van der Waals surface area contributed by atoms with Crippen molar-refractivity contribution in [2.24, 2.45) is 0 Å². The fourth-order valence-electron chi connectivity index (χ4n) is 4.94. The van der Waals surface area contributed by atoms with Crippen molar-refractivity contribution < 1.29 is 37.4 Å². The third kappa shape index (κ3) is 6.27. The van der Waals surface area contributed by atoms with Crippen molar-refractivity contribution in [3.63, 3.8) is 0 Å². The van der Waals surface area contributed by atoms with Gasteiger partial charge in [0.05, 0.1) is 26.2 Å². The number of hydrogen-bond donors (Lipinski definition) is 2. The lowest BCUT2D eigenvalue weighted by Crippen LogP contribution is -2.42. The van der Waals surface area contributed by atoms with E-state index in [1.165, 1.54) is 41.7 Å². The molecule has 1 saturated heterocycles. The fourth-order valence-corrected chi connectivity index (χ4v) is 6.59. The minimum Gasteiger partial charge on any atom is -0.496 e. The van der Waals surface area contributed by atoms with Crippen molar-refractivity contribution >= 4 is 15.9 Å². The molecule has 0 atom stereocenters. The van der Waals surface area contributed by atoms with Gasteiger partial charge in [-0.2, -0.15) is 4.31 Å². The molecule has 1 aliphatic heterocycles. The number of rotatable bonds is 10. The van der Waals surface area contributed by atoms with E-state index in [1.54, 1.807) is 7.11 Å². The van der Waals surface area contributed by atoms with Gasteiger partial charge in [-0.3, -0.25) is 10.0 Å². The van der Waals surface area contributed by atoms with Gasteiger partial charge >= 0.3 is 0 Å². The van der Waals surface area contributed by atoms with Gasteiger partial charge in [-0.15, -0.1) is 0 Å². The molecule has 1 aliphatic rings. The van der Waals surface area contributed by atoms with Gasteiger partial charge in [0.15, 0.2) is 11.5 Å². The Kier molecular flexibility index (Phi) is 9.42. The summed E-state index contributed by atoms with van der Waals surface area (Å²) in [5, 5.41) is 9.26. The molecular formula is C30H36N2O8S. The van der Waals surface area contributed by atoms with Crippen LogP contribution in [0.2, 0.25) is 0 Å². The molecular weight excluding hydrogens is 548 g/mol. The fraction of sp³-hybridized carbons (Fsp3) is 0.367. The average molecular weight is 585 g/mol. The van der Waals surface area contributed by atoms with Gasteiger partial charge in [0, 0.05) is 18.7 Å². The van der Waals surface area contributed by atoms with Gasteiger partial charge in [-0.25, -0.2) is 13.9 Å². The number of carbonyl (C=O) groups is 1. The second-order valence-electron chi connectivity index (χ2n) is 9.98. The van der Waals surface area contributed by atoms with E-state index in [-0.39, 0.29) is 41.2 Å². The molecule has 41 heavy (non-hydrogen) atoms. The van der Waals surface area contributed by atoms with Gasteiger partial charge in [0.1, 0.15) is 23.2 Å². The van der Waals surface area contributed by atoms with E-state index in [2.05, 4.69) is 26.0 Å². The predicted octanol–water partition coefficient (Wildman–Crippen LogP) is 4.85. The van der Waals surface area contributed by atoms with Crippen LogP contribution >= 0.6 is 0 Å². The predicted molar refractivity (Wildman–Crippen MR) is 154 cm³/mol. The number of piperidine rings is 1. The molecule has 0 bridgehead atoms. The maximum Gasteiger partial charge on any atom is 0.279 e.